The van der Waals surface area contributed by atoms with E-state index in [2.05, 4.69) is 27.8 Å². The summed E-state index contributed by atoms with van der Waals surface area (Å²) in [6, 6.07) is 13.8. The lowest BCUT2D eigenvalue weighted by Gasteiger charge is -2.04. The van der Waals surface area contributed by atoms with Gasteiger partial charge in [0.1, 0.15) is 0 Å². The van der Waals surface area contributed by atoms with E-state index >= 15 is 0 Å². The molecule has 0 spiro atoms. The van der Waals surface area contributed by atoms with Gasteiger partial charge in [0, 0.05) is 16.3 Å². The Kier molecular flexibility index (Phi) is 5.90. The largest absolute Gasteiger partial charge is 0.322 e. The van der Waals surface area contributed by atoms with Gasteiger partial charge in [-0.15, -0.1) is 0 Å². The lowest BCUT2D eigenvalue weighted by atomic mass is 10.1. The molecule has 1 N–H and O–H groups in total. The third kappa shape index (κ3) is 5.20. The van der Waals surface area contributed by atoms with Crippen LogP contribution in [0, 0.1) is 0 Å². The number of ketones is 1. The van der Waals surface area contributed by atoms with Gasteiger partial charge in [0.15, 0.2) is 5.78 Å². The van der Waals surface area contributed by atoms with E-state index < -0.39 is 0 Å². The van der Waals surface area contributed by atoms with Gasteiger partial charge >= 0.3 is 0 Å². The van der Waals surface area contributed by atoms with Crippen molar-refractivity contribution >= 4 is 51.0 Å². The van der Waals surface area contributed by atoms with Gasteiger partial charge in [-0.1, -0.05) is 36.4 Å². The molecule has 0 fully saturated rings. The first-order valence-corrected chi connectivity index (χ1v) is 7.86. The summed E-state index contributed by atoms with van der Waals surface area (Å²) in [5.41, 5.74) is 2.07. The predicted molar refractivity (Wildman–Crippen MR) is 98.0 cm³/mol. The van der Waals surface area contributed by atoms with Gasteiger partial charge in [-0.05, 0) is 64.0 Å². The molecule has 1 amide bonds. The van der Waals surface area contributed by atoms with Crippen molar-refractivity contribution < 1.29 is 9.59 Å². The van der Waals surface area contributed by atoms with Crippen molar-refractivity contribution in [2.24, 2.45) is 0 Å². The molecule has 0 saturated carbocycles. The minimum absolute atomic E-state index is 0.102. The molecule has 23 heavy (non-hydrogen) atoms. The molecule has 116 valence electrons. The van der Waals surface area contributed by atoms with Crippen molar-refractivity contribution in [3.63, 3.8) is 0 Å². The zero-order chi connectivity index (χ0) is 16.8. The van der Waals surface area contributed by atoms with Gasteiger partial charge in [0.25, 0.3) is 5.91 Å². The lowest BCUT2D eigenvalue weighted by Crippen LogP contribution is -2.10. The van der Waals surface area contributed by atoms with E-state index in [0.29, 0.717) is 16.3 Å². The zero-order valence-electron chi connectivity index (χ0n) is 12.1. The van der Waals surface area contributed by atoms with Crippen molar-refractivity contribution in [1.82, 2.24) is 0 Å². The Balaban J connectivity index is 2.02. The highest BCUT2D eigenvalue weighted by atomic mass is 79.9. The maximum Gasteiger partial charge on any atom is 0.262 e. The van der Waals surface area contributed by atoms with E-state index in [-0.39, 0.29) is 16.2 Å². The Hall–Kier alpha value is -2.17. The molecule has 5 heteroatoms. The van der Waals surface area contributed by atoms with Crippen molar-refractivity contribution in [2.75, 3.05) is 5.32 Å². The van der Waals surface area contributed by atoms with E-state index in [0.717, 1.165) is 5.56 Å². The molecule has 2 aromatic rings. The fourth-order valence-electron chi connectivity index (χ4n) is 1.76. The molecule has 0 aromatic heterocycles. The summed E-state index contributed by atoms with van der Waals surface area (Å²) in [4.78, 5) is 23.5. The Morgan fingerprint density at radius 3 is 2.22 bits per heavy atom. The monoisotopic (exact) mass is 389 g/mol. The van der Waals surface area contributed by atoms with Crippen LogP contribution in [0.15, 0.2) is 65.7 Å². The Morgan fingerprint density at radius 1 is 1.04 bits per heavy atom. The zero-order valence-corrected chi connectivity index (χ0v) is 14.4. The van der Waals surface area contributed by atoms with Crippen LogP contribution in [0.25, 0.3) is 6.08 Å². The number of anilines is 1. The quantitative estimate of drug-likeness (QED) is 0.571. The molecule has 0 unspecified atom stereocenters. The second kappa shape index (κ2) is 7.90. The van der Waals surface area contributed by atoms with Gasteiger partial charge < -0.3 is 5.32 Å². The molecular weight excluding hydrogens is 378 g/mol. The van der Waals surface area contributed by atoms with Crippen LogP contribution in [-0.4, -0.2) is 11.7 Å². The van der Waals surface area contributed by atoms with Gasteiger partial charge in [0.05, 0.1) is 4.48 Å². The summed E-state index contributed by atoms with van der Waals surface area (Å²) in [6.45, 7) is 3.50. The normalized spacial score (nSPS) is 10.5. The summed E-state index contributed by atoms with van der Waals surface area (Å²) < 4.78 is 0.259. The number of hydrogen-bond acceptors (Lipinski definition) is 2. The average Bonchev–Trinajstić information content (AvgIpc) is 2.54. The number of benzene rings is 2. The molecule has 0 bridgehead atoms. The first kappa shape index (κ1) is 17.2. The van der Waals surface area contributed by atoms with Crippen molar-refractivity contribution in [2.45, 2.75) is 0 Å². The molecule has 0 aliphatic carbocycles. The van der Waals surface area contributed by atoms with Crippen LogP contribution >= 0.6 is 27.5 Å². The highest BCUT2D eigenvalue weighted by Crippen LogP contribution is 2.14. The van der Waals surface area contributed by atoms with E-state index in [9.17, 15) is 9.59 Å². The van der Waals surface area contributed by atoms with E-state index in [1.165, 1.54) is 6.08 Å². The number of allylic oxidation sites excluding steroid dienone is 1. The van der Waals surface area contributed by atoms with Gasteiger partial charge in [-0.25, -0.2) is 0 Å². The maximum atomic E-state index is 12.0. The van der Waals surface area contributed by atoms with Gasteiger partial charge in [-0.2, -0.15) is 0 Å². The highest BCUT2D eigenvalue weighted by Gasteiger charge is 2.04. The Bertz CT molecular complexity index is 765. The van der Waals surface area contributed by atoms with Crippen LogP contribution in [-0.2, 0) is 4.79 Å². The summed E-state index contributed by atoms with van der Waals surface area (Å²) in [6.07, 6.45) is 3.21. The third-order valence-corrected chi connectivity index (χ3v) is 3.58. The number of carbonyl (C=O) groups is 2. The molecule has 0 atom stereocenters. The van der Waals surface area contributed by atoms with Gasteiger partial charge in [-0.3, -0.25) is 9.59 Å². The summed E-state index contributed by atoms with van der Waals surface area (Å²) in [7, 11) is 0. The maximum absolute atomic E-state index is 12.0. The first-order chi connectivity index (χ1) is 11.0. The fourth-order valence-corrected chi connectivity index (χ4v) is 1.98. The second-order valence-electron chi connectivity index (χ2n) is 4.69. The van der Waals surface area contributed by atoms with E-state index in [4.69, 9.17) is 11.6 Å². The van der Waals surface area contributed by atoms with Crippen LogP contribution in [0.3, 0.4) is 0 Å². The SMILES string of the molecule is C=C(Br)C(=O)Nc1ccc(/C=C/C(=O)c2ccc(Cl)cc2)cc1. The molecule has 0 aliphatic rings. The molecule has 0 radical (unpaired) electrons. The molecule has 2 rings (SSSR count). The van der Waals surface area contributed by atoms with Crippen molar-refractivity contribution in [1.29, 1.82) is 0 Å². The molecule has 3 nitrogen and oxygen atoms in total. The predicted octanol–water partition coefficient (Wildman–Crippen LogP) is 5.08. The molecular formula is C18H13BrClNO2. The third-order valence-electron chi connectivity index (χ3n) is 2.97. The standard InChI is InChI=1S/C18H13BrClNO2/c1-12(19)18(23)21-16-9-2-13(3-10-16)4-11-17(22)14-5-7-15(20)8-6-14/h2-11H,1H2,(H,21,23)/b11-4+. The highest BCUT2D eigenvalue weighted by molar-refractivity contribution is 9.12. The molecule has 0 heterocycles. The second-order valence-corrected chi connectivity index (χ2v) is 6.08. The van der Waals surface area contributed by atoms with Crippen LogP contribution in [0.1, 0.15) is 15.9 Å². The van der Waals surface area contributed by atoms with Crippen LogP contribution in [0.4, 0.5) is 5.69 Å². The number of amides is 1. The number of carbonyl (C=O) groups excluding carboxylic acids is 2. The smallest absolute Gasteiger partial charge is 0.262 e. The van der Waals surface area contributed by atoms with Crippen molar-refractivity contribution in [3.8, 4) is 0 Å². The summed E-state index contributed by atoms with van der Waals surface area (Å²) >= 11 is 8.81. The van der Waals surface area contributed by atoms with Crippen LogP contribution in [0.5, 0.6) is 0 Å². The number of nitrogens with one attached hydrogen (secondary N) is 1. The Labute approximate surface area is 147 Å². The van der Waals surface area contributed by atoms with Crippen LogP contribution < -0.4 is 5.32 Å². The average molecular weight is 391 g/mol. The number of halogens is 2. The van der Waals surface area contributed by atoms with Crippen molar-refractivity contribution in [3.05, 3.63) is 81.8 Å². The van der Waals surface area contributed by atoms with E-state index in [1.807, 2.05) is 0 Å². The van der Waals surface area contributed by atoms with E-state index in [1.54, 1.807) is 54.6 Å². The lowest BCUT2D eigenvalue weighted by molar-refractivity contribution is -0.112. The first-order valence-electron chi connectivity index (χ1n) is 6.69. The minimum atomic E-state index is -0.300. The number of hydrogen-bond donors (Lipinski definition) is 1. The molecule has 0 saturated heterocycles. The fraction of sp³-hybridized carbons (Fsp3) is 0. The molecule has 0 aliphatic heterocycles. The summed E-state index contributed by atoms with van der Waals surface area (Å²) in [5, 5.41) is 3.27. The van der Waals surface area contributed by atoms with Gasteiger partial charge in [0.2, 0.25) is 0 Å². The number of rotatable bonds is 5. The molecule has 2 aromatic carbocycles. The Morgan fingerprint density at radius 2 is 1.65 bits per heavy atom. The topological polar surface area (TPSA) is 46.2 Å². The van der Waals surface area contributed by atoms with Crippen LogP contribution in [0.2, 0.25) is 5.02 Å². The minimum Gasteiger partial charge on any atom is -0.322 e. The summed E-state index contributed by atoms with van der Waals surface area (Å²) in [5.74, 6) is -0.402.